The number of carbonyl (C=O) groups excluding carboxylic acids is 2. The first-order chi connectivity index (χ1) is 10.9. The van der Waals surface area contributed by atoms with Crippen LogP contribution in [-0.4, -0.2) is 16.6 Å². The van der Waals surface area contributed by atoms with E-state index in [0.717, 1.165) is 0 Å². The summed E-state index contributed by atoms with van der Waals surface area (Å²) in [6.07, 6.45) is 0. The molecule has 0 saturated carbocycles. The van der Waals surface area contributed by atoms with E-state index in [9.17, 15) is 19.7 Å². The summed E-state index contributed by atoms with van der Waals surface area (Å²) in [6.45, 7) is 0.157. The summed E-state index contributed by atoms with van der Waals surface area (Å²) >= 11 is 6.66. The van der Waals surface area contributed by atoms with E-state index in [1.807, 2.05) is 0 Å². The number of hydrogen-bond donors (Lipinski definition) is 0. The minimum atomic E-state index is -0.619. The number of Topliss-reactive ketones (excluding diaryl/α,β-unsaturated/α-hetero) is 1. The van der Waals surface area contributed by atoms with Crippen LogP contribution in [0, 0.1) is 10.1 Å². The molecule has 23 heavy (non-hydrogen) atoms. The number of hydrogen-bond acceptors (Lipinski definition) is 4. The summed E-state index contributed by atoms with van der Waals surface area (Å²) in [5.74, 6) is -1.19. The summed E-state index contributed by atoms with van der Waals surface area (Å²) in [4.78, 5) is 36.0. The highest BCUT2D eigenvalue weighted by Crippen LogP contribution is 2.40. The molecule has 0 saturated heterocycles. The molecule has 0 fully saturated rings. The zero-order valence-electron chi connectivity index (χ0n) is 11.5. The third kappa shape index (κ3) is 2.68. The van der Waals surface area contributed by atoms with Crippen molar-refractivity contribution in [1.29, 1.82) is 0 Å². The molecule has 2 aromatic rings. The van der Waals surface area contributed by atoms with E-state index in [-0.39, 0.29) is 12.2 Å². The number of rotatable bonds is 3. The van der Waals surface area contributed by atoms with Gasteiger partial charge in [0.05, 0.1) is 22.7 Å². The van der Waals surface area contributed by atoms with Crippen molar-refractivity contribution in [2.24, 2.45) is 0 Å². The zero-order chi connectivity index (χ0) is 16.7. The van der Waals surface area contributed by atoms with Gasteiger partial charge in [-0.15, -0.1) is 0 Å². The molecule has 116 valence electrons. The number of halogens is 2. The molecule has 0 aliphatic carbocycles. The van der Waals surface area contributed by atoms with Crippen molar-refractivity contribution in [3.63, 3.8) is 0 Å². The fraction of sp³-hybridized carbons (Fsp3) is 0.0667. The van der Waals surface area contributed by atoms with Crippen LogP contribution < -0.4 is 4.90 Å². The number of nitrogens with zero attached hydrogens (tertiary/aromatic N) is 2. The van der Waals surface area contributed by atoms with E-state index in [2.05, 4.69) is 31.9 Å². The van der Waals surface area contributed by atoms with Crippen LogP contribution in [0.25, 0.3) is 0 Å². The average Bonchev–Trinajstić information content (AvgIpc) is 2.78. The Labute approximate surface area is 147 Å². The molecule has 0 atom stereocenters. The number of nitro benzene ring substituents is 1. The lowest BCUT2D eigenvalue weighted by molar-refractivity contribution is -0.384. The Balaban J connectivity index is 1.99. The van der Waals surface area contributed by atoms with Crippen molar-refractivity contribution in [2.75, 3.05) is 4.90 Å². The molecule has 3 rings (SSSR count). The van der Waals surface area contributed by atoms with Crippen molar-refractivity contribution in [3.05, 3.63) is 66.6 Å². The Bertz CT molecular complexity index is 849. The zero-order valence-corrected chi connectivity index (χ0v) is 14.6. The highest BCUT2D eigenvalue weighted by molar-refractivity contribution is 9.11. The average molecular weight is 440 g/mol. The van der Waals surface area contributed by atoms with Crippen molar-refractivity contribution in [3.8, 4) is 0 Å². The van der Waals surface area contributed by atoms with Gasteiger partial charge in [0.15, 0.2) is 0 Å². The molecule has 2 aromatic carbocycles. The van der Waals surface area contributed by atoms with Gasteiger partial charge in [0.1, 0.15) is 0 Å². The second kappa shape index (κ2) is 5.86. The monoisotopic (exact) mass is 438 g/mol. The molecule has 6 nitrogen and oxygen atoms in total. The van der Waals surface area contributed by atoms with E-state index in [0.29, 0.717) is 25.8 Å². The van der Waals surface area contributed by atoms with Crippen LogP contribution >= 0.6 is 31.9 Å². The van der Waals surface area contributed by atoms with Crippen LogP contribution in [0.15, 0.2) is 45.3 Å². The summed E-state index contributed by atoms with van der Waals surface area (Å²) in [6, 6.07) is 9.32. The molecular weight excluding hydrogens is 432 g/mol. The molecule has 0 unspecified atom stereocenters. The molecule has 0 bridgehead atoms. The first-order valence-electron chi connectivity index (χ1n) is 6.47. The van der Waals surface area contributed by atoms with Gasteiger partial charge in [-0.1, -0.05) is 12.1 Å². The van der Waals surface area contributed by atoms with E-state index in [1.165, 1.54) is 17.0 Å². The predicted molar refractivity (Wildman–Crippen MR) is 90.5 cm³/mol. The fourth-order valence-electron chi connectivity index (χ4n) is 2.41. The first kappa shape index (κ1) is 15.8. The van der Waals surface area contributed by atoms with Crippen LogP contribution in [0.4, 0.5) is 11.4 Å². The molecule has 1 aliphatic heterocycles. The minimum Gasteiger partial charge on any atom is -0.299 e. The predicted octanol–water partition coefficient (Wildman–Crippen LogP) is 3.85. The number of fused-ring (bicyclic) bond motifs is 1. The van der Waals surface area contributed by atoms with Gasteiger partial charge in [-0.2, -0.15) is 0 Å². The molecular formula is C15H8Br2N2O4. The van der Waals surface area contributed by atoms with Gasteiger partial charge in [0, 0.05) is 21.1 Å². The maximum atomic E-state index is 12.3. The SMILES string of the molecule is O=C1C(=O)N(Cc2ccc([N+](=O)[O-])cc2)c2c(Br)ccc(Br)c21. The van der Waals surface area contributed by atoms with E-state index >= 15 is 0 Å². The number of benzene rings is 2. The number of ketones is 1. The van der Waals surface area contributed by atoms with Crippen molar-refractivity contribution < 1.29 is 14.5 Å². The van der Waals surface area contributed by atoms with Gasteiger partial charge < -0.3 is 0 Å². The number of carbonyl (C=O) groups is 2. The summed E-state index contributed by atoms with van der Waals surface area (Å²) in [7, 11) is 0. The lowest BCUT2D eigenvalue weighted by Crippen LogP contribution is -2.29. The van der Waals surface area contributed by atoms with Crippen molar-refractivity contribution >= 4 is 54.9 Å². The van der Waals surface area contributed by atoms with Gasteiger partial charge in [0.25, 0.3) is 17.4 Å². The second-order valence-electron chi connectivity index (χ2n) is 4.90. The van der Waals surface area contributed by atoms with Crippen LogP contribution in [0.5, 0.6) is 0 Å². The van der Waals surface area contributed by atoms with Crippen molar-refractivity contribution in [2.45, 2.75) is 6.54 Å². The Morgan fingerprint density at radius 1 is 1.00 bits per heavy atom. The fourth-order valence-corrected chi connectivity index (χ4v) is 3.45. The highest BCUT2D eigenvalue weighted by Gasteiger charge is 2.38. The standard InChI is InChI=1S/C15H8Br2N2O4/c16-10-5-6-11(17)13-12(10)14(20)15(21)18(13)7-8-1-3-9(4-2-8)19(22)23/h1-6H,7H2. The number of anilines is 1. The van der Waals surface area contributed by atoms with Gasteiger partial charge in [-0.25, -0.2) is 0 Å². The lowest BCUT2D eigenvalue weighted by atomic mass is 10.1. The second-order valence-corrected chi connectivity index (χ2v) is 6.61. The molecule has 0 aromatic heterocycles. The molecule has 1 amide bonds. The Morgan fingerprint density at radius 3 is 2.22 bits per heavy atom. The number of nitro groups is 1. The number of non-ortho nitro benzene ring substituents is 1. The topological polar surface area (TPSA) is 80.5 Å². The molecule has 0 spiro atoms. The third-order valence-corrected chi connectivity index (χ3v) is 4.80. The highest BCUT2D eigenvalue weighted by atomic mass is 79.9. The largest absolute Gasteiger partial charge is 0.299 e. The Hall–Kier alpha value is -2.06. The van der Waals surface area contributed by atoms with Gasteiger partial charge in [0.2, 0.25) is 0 Å². The minimum absolute atomic E-state index is 0.0260. The van der Waals surface area contributed by atoms with Crippen LogP contribution in [0.2, 0.25) is 0 Å². The molecule has 0 N–H and O–H groups in total. The van der Waals surface area contributed by atoms with Crippen molar-refractivity contribution in [1.82, 2.24) is 0 Å². The summed E-state index contributed by atoms with van der Waals surface area (Å²) in [5.41, 5.74) is 1.50. The maximum Gasteiger partial charge on any atom is 0.299 e. The third-order valence-electron chi connectivity index (χ3n) is 3.50. The lowest BCUT2D eigenvalue weighted by Gasteiger charge is -2.18. The van der Waals surface area contributed by atoms with Gasteiger partial charge in [-0.3, -0.25) is 24.6 Å². The number of amides is 1. The normalized spacial score (nSPS) is 13.4. The van der Waals surface area contributed by atoms with E-state index < -0.39 is 16.6 Å². The summed E-state index contributed by atoms with van der Waals surface area (Å²) in [5, 5.41) is 10.7. The van der Waals surface area contributed by atoms with E-state index in [1.54, 1.807) is 24.3 Å². The quantitative estimate of drug-likeness (QED) is 0.413. The van der Waals surface area contributed by atoms with Crippen LogP contribution in [0.1, 0.15) is 15.9 Å². The van der Waals surface area contributed by atoms with Crippen LogP contribution in [0.3, 0.4) is 0 Å². The first-order valence-corrected chi connectivity index (χ1v) is 8.06. The Kier molecular flexibility index (Phi) is 4.03. The van der Waals surface area contributed by atoms with E-state index in [4.69, 9.17) is 0 Å². The van der Waals surface area contributed by atoms with Gasteiger partial charge in [-0.05, 0) is 49.6 Å². The Morgan fingerprint density at radius 2 is 1.61 bits per heavy atom. The molecule has 8 heteroatoms. The maximum absolute atomic E-state index is 12.3. The van der Waals surface area contributed by atoms with Gasteiger partial charge >= 0.3 is 0 Å². The molecule has 1 heterocycles. The smallest absolute Gasteiger partial charge is 0.299 e. The molecule has 0 radical (unpaired) electrons. The van der Waals surface area contributed by atoms with Crippen LogP contribution in [-0.2, 0) is 11.3 Å². The summed E-state index contributed by atoms with van der Waals surface area (Å²) < 4.78 is 1.19. The molecule has 1 aliphatic rings.